The molecule has 0 aromatic carbocycles. The molecule has 124 valence electrons. The Hall–Kier alpha value is -2.00. The number of imidazole rings is 1. The number of aromatic nitrogens is 4. The standard InChI is InChI=1S/C14H19N5O3S/c1-9(2)19-7-14(15-8-19)23(21,22)18-11-3-4-12-10(5-11)6-13(20)17-16-12/h6-9,11,18H,3-5H2,1-2H3,(H,17,20). The summed E-state index contributed by atoms with van der Waals surface area (Å²) >= 11 is 0. The van der Waals surface area contributed by atoms with Crippen molar-refractivity contribution in [3.8, 4) is 0 Å². The molecule has 9 heteroatoms. The summed E-state index contributed by atoms with van der Waals surface area (Å²) in [5.74, 6) is 0. The van der Waals surface area contributed by atoms with Crippen molar-refractivity contribution in [1.82, 2.24) is 24.5 Å². The van der Waals surface area contributed by atoms with Crippen LogP contribution in [0.5, 0.6) is 0 Å². The third-order valence-corrected chi connectivity index (χ3v) is 5.35. The molecule has 0 spiro atoms. The van der Waals surface area contributed by atoms with E-state index in [1.807, 2.05) is 13.8 Å². The Labute approximate surface area is 134 Å². The minimum atomic E-state index is -3.67. The smallest absolute Gasteiger partial charge is 0.264 e. The average molecular weight is 337 g/mol. The molecule has 1 unspecified atom stereocenters. The Balaban J connectivity index is 1.77. The number of hydrogen-bond acceptors (Lipinski definition) is 5. The molecule has 0 radical (unpaired) electrons. The first-order valence-corrected chi connectivity index (χ1v) is 8.97. The first-order chi connectivity index (χ1) is 10.8. The van der Waals surface area contributed by atoms with Crippen LogP contribution in [0.3, 0.4) is 0 Å². The maximum atomic E-state index is 12.4. The number of aromatic amines is 1. The van der Waals surface area contributed by atoms with Gasteiger partial charge < -0.3 is 4.57 Å². The predicted octanol–water partition coefficient (Wildman–Crippen LogP) is 0.383. The molecule has 3 rings (SSSR count). The van der Waals surface area contributed by atoms with Gasteiger partial charge in [-0.25, -0.2) is 23.2 Å². The van der Waals surface area contributed by atoms with Crippen molar-refractivity contribution < 1.29 is 8.42 Å². The zero-order valence-corrected chi connectivity index (χ0v) is 13.8. The highest BCUT2D eigenvalue weighted by molar-refractivity contribution is 7.89. The van der Waals surface area contributed by atoms with E-state index < -0.39 is 10.0 Å². The minimum absolute atomic E-state index is 0.0148. The second-order valence-corrected chi connectivity index (χ2v) is 7.68. The number of fused-ring (bicyclic) bond motifs is 1. The fourth-order valence-electron chi connectivity index (χ4n) is 2.66. The van der Waals surface area contributed by atoms with Crippen LogP contribution in [0.2, 0.25) is 0 Å². The van der Waals surface area contributed by atoms with Gasteiger partial charge in [-0.15, -0.1) is 0 Å². The lowest BCUT2D eigenvalue weighted by Gasteiger charge is -2.23. The molecular weight excluding hydrogens is 318 g/mol. The molecule has 23 heavy (non-hydrogen) atoms. The van der Waals surface area contributed by atoms with Crippen molar-refractivity contribution in [3.63, 3.8) is 0 Å². The average Bonchev–Trinajstić information content (AvgIpc) is 2.97. The SMILES string of the molecule is CC(C)n1cnc(S(=O)(=O)NC2CCc3n[nH]c(=O)cc3C2)c1. The van der Waals surface area contributed by atoms with Crippen LogP contribution in [-0.4, -0.2) is 34.2 Å². The summed E-state index contributed by atoms with van der Waals surface area (Å²) in [6.45, 7) is 3.90. The van der Waals surface area contributed by atoms with Gasteiger partial charge in [-0.1, -0.05) is 0 Å². The van der Waals surface area contributed by atoms with Gasteiger partial charge in [-0.05, 0) is 38.7 Å². The van der Waals surface area contributed by atoms with E-state index in [4.69, 9.17) is 0 Å². The molecule has 2 heterocycles. The van der Waals surface area contributed by atoms with E-state index in [9.17, 15) is 13.2 Å². The fourth-order valence-corrected chi connectivity index (χ4v) is 3.87. The highest BCUT2D eigenvalue weighted by atomic mass is 32.2. The Morgan fingerprint density at radius 2 is 2.22 bits per heavy atom. The molecule has 2 N–H and O–H groups in total. The number of rotatable bonds is 4. The van der Waals surface area contributed by atoms with E-state index in [0.29, 0.717) is 19.3 Å². The third kappa shape index (κ3) is 3.35. The molecular formula is C14H19N5O3S. The second-order valence-electron chi connectivity index (χ2n) is 6.02. The highest BCUT2D eigenvalue weighted by Gasteiger charge is 2.26. The van der Waals surface area contributed by atoms with Crippen molar-refractivity contribution in [2.45, 2.75) is 50.2 Å². The Morgan fingerprint density at radius 1 is 1.43 bits per heavy atom. The van der Waals surface area contributed by atoms with E-state index in [0.717, 1.165) is 11.3 Å². The molecule has 2 aromatic heterocycles. The summed E-state index contributed by atoms with van der Waals surface area (Å²) in [5, 5.41) is 6.42. The monoisotopic (exact) mass is 337 g/mol. The summed E-state index contributed by atoms with van der Waals surface area (Å²) in [5.41, 5.74) is 1.34. The van der Waals surface area contributed by atoms with Crippen molar-refractivity contribution in [2.24, 2.45) is 0 Å². The van der Waals surface area contributed by atoms with Crippen LogP contribution in [-0.2, 0) is 22.9 Å². The van der Waals surface area contributed by atoms with Crippen molar-refractivity contribution in [3.05, 3.63) is 40.2 Å². The summed E-state index contributed by atoms with van der Waals surface area (Å²) < 4.78 is 29.3. The summed E-state index contributed by atoms with van der Waals surface area (Å²) in [6.07, 6.45) is 4.75. The van der Waals surface area contributed by atoms with Gasteiger partial charge in [0.1, 0.15) is 0 Å². The summed E-state index contributed by atoms with van der Waals surface area (Å²) in [7, 11) is -3.67. The molecule has 8 nitrogen and oxygen atoms in total. The van der Waals surface area contributed by atoms with Crippen LogP contribution in [0, 0.1) is 0 Å². The van der Waals surface area contributed by atoms with Crippen LogP contribution >= 0.6 is 0 Å². The lowest BCUT2D eigenvalue weighted by molar-refractivity contribution is 0.498. The zero-order valence-electron chi connectivity index (χ0n) is 13.0. The number of nitrogens with one attached hydrogen (secondary N) is 2. The molecule has 0 bridgehead atoms. The lowest BCUT2D eigenvalue weighted by Crippen LogP contribution is -2.39. The molecule has 0 saturated carbocycles. The first-order valence-electron chi connectivity index (χ1n) is 7.48. The summed E-state index contributed by atoms with van der Waals surface area (Å²) in [6, 6.07) is 1.36. The van der Waals surface area contributed by atoms with Gasteiger partial charge in [0.05, 0.1) is 12.0 Å². The van der Waals surface area contributed by atoms with Gasteiger partial charge >= 0.3 is 0 Å². The minimum Gasteiger partial charge on any atom is -0.334 e. The van der Waals surface area contributed by atoms with Gasteiger partial charge in [-0.2, -0.15) is 5.10 Å². The predicted molar refractivity (Wildman–Crippen MR) is 83.6 cm³/mol. The zero-order chi connectivity index (χ0) is 16.6. The molecule has 1 aliphatic rings. The van der Waals surface area contributed by atoms with Crippen LogP contribution in [0.25, 0.3) is 0 Å². The number of sulfonamides is 1. The van der Waals surface area contributed by atoms with Crippen LogP contribution in [0.1, 0.15) is 37.6 Å². The number of nitrogens with zero attached hydrogens (tertiary/aromatic N) is 3. The molecule has 0 saturated heterocycles. The van der Waals surface area contributed by atoms with Crippen LogP contribution in [0.4, 0.5) is 0 Å². The molecule has 1 atom stereocenters. The van der Waals surface area contributed by atoms with E-state index >= 15 is 0 Å². The molecule has 2 aromatic rings. The number of H-pyrrole nitrogens is 1. The highest BCUT2D eigenvalue weighted by Crippen LogP contribution is 2.19. The lowest BCUT2D eigenvalue weighted by atomic mass is 9.93. The topological polar surface area (TPSA) is 110 Å². The molecule has 0 aliphatic heterocycles. The van der Waals surface area contributed by atoms with E-state index in [1.54, 1.807) is 4.57 Å². The van der Waals surface area contributed by atoms with Crippen LogP contribution in [0.15, 0.2) is 28.4 Å². The third-order valence-electron chi connectivity index (χ3n) is 3.94. The van der Waals surface area contributed by atoms with Gasteiger partial charge in [0.15, 0.2) is 5.03 Å². The van der Waals surface area contributed by atoms with Gasteiger partial charge in [0.2, 0.25) is 0 Å². The normalized spacial score (nSPS) is 18.1. The second kappa shape index (κ2) is 5.89. The number of aryl methyl sites for hydroxylation is 1. The summed E-state index contributed by atoms with van der Waals surface area (Å²) in [4.78, 5) is 15.3. The van der Waals surface area contributed by atoms with Gasteiger partial charge in [0, 0.05) is 24.3 Å². The van der Waals surface area contributed by atoms with Crippen molar-refractivity contribution >= 4 is 10.0 Å². The Bertz CT molecular complexity index is 869. The maximum Gasteiger partial charge on any atom is 0.264 e. The number of hydrogen-bond donors (Lipinski definition) is 2. The molecule has 0 fully saturated rings. The Kier molecular flexibility index (Phi) is 4.07. The quantitative estimate of drug-likeness (QED) is 0.838. The largest absolute Gasteiger partial charge is 0.334 e. The van der Waals surface area contributed by atoms with Crippen molar-refractivity contribution in [1.29, 1.82) is 0 Å². The maximum absolute atomic E-state index is 12.4. The van der Waals surface area contributed by atoms with Crippen molar-refractivity contribution in [2.75, 3.05) is 0 Å². The van der Waals surface area contributed by atoms with Crippen LogP contribution < -0.4 is 10.3 Å². The molecule has 1 aliphatic carbocycles. The first kappa shape index (κ1) is 15.9. The van der Waals surface area contributed by atoms with Gasteiger partial charge in [0.25, 0.3) is 15.6 Å². The van der Waals surface area contributed by atoms with E-state index in [-0.39, 0.29) is 22.7 Å². The Morgan fingerprint density at radius 3 is 2.91 bits per heavy atom. The molecule has 0 amide bonds. The van der Waals surface area contributed by atoms with E-state index in [1.165, 1.54) is 18.6 Å². The van der Waals surface area contributed by atoms with E-state index in [2.05, 4.69) is 19.9 Å². The fraction of sp³-hybridized carbons (Fsp3) is 0.500. The van der Waals surface area contributed by atoms with Gasteiger partial charge in [-0.3, -0.25) is 4.79 Å².